The van der Waals surface area contributed by atoms with Gasteiger partial charge in [-0.1, -0.05) is 45.0 Å². The van der Waals surface area contributed by atoms with Gasteiger partial charge in [0.15, 0.2) is 6.10 Å². The lowest BCUT2D eigenvalue weighted by Crippen LogP contribution is -2.16. The van der Waals surface area contributed by atoms with Gasteiger partial charge in [-0.15, -0.1) is 0 Å². The van der Waals surface area contributed by atoms with E-state index in [1.807, 2.05) is 12.1 Å². The topological polar surface area (TPSA) is 57.5 Å². The Bertz CT molecular complexity index is 365. The Kier molecular flexibility index (Phi) is 3.70. The van der Waals surface area contributed by atoms with Crippen molar-refractivity contribution in [3.8, 4) is 0 Å². The summed E-state index contributed by atoms with van der Waals surface area (Å²) in [6.07, 6.45) is -0.424. The monoisotopic (exact) mass is 222 g/mol. The van der Waals surface area contributed by atoms with Gasteiger partial charge in [0.25, 0.3) is 0 Å². The van der Waals surface area contributed by atoms with Crippen LogP contribution in [0.3, 0.4) is 0 Å². The number of benzene rings is 1. The lowest BCUT2D eigenvalue weighted by atomic mass is 9.82. The fourth-order valence-corrected chi connectivity index (χ4v) is 1.46. The predicted molar refractivity (Wildman–Crippen MR) is 62.4 cm³/mol. The summed E-state index contributed by atoms with van der Waals surface area (Å²) >= 11 is 0. The number of hydrogen-bond donors (Lipinski definition) is 2. The number of aliphatic hydroxyl groups is 1. The maximum atomic E-state index is 10.6. The molecule has 0 amide bonds. The van der Waals surface area contributed by atoms with Crippen LogP contribution in [0.5, 0.6) is 0 Å². The van der Waals surface area contributed by atoms with Crippen molar-refractivity contribution in [2.75, 3.05) is 0 Å². The first-order chi connectivity index (χ1) is 7.38. The van der Waals surface area contributed by atoms with E-state index in [-0.39, 0.29) is 5.41 Å². The molecule has 1 rings (SSSR count). The second-order valence-electron chi connectivity index (χ2n) is 4.60. The number of aliphatic hydroxyl groups excluding tert-OH is 1. The van der Waals surface area contributed by atoms with E-state index in [0.717, 1.165) is 12.0 Å². The van der Waals surface area contributed by atoms with Crippen LogP contribution < -0.4 is 0 Å². The zero-order chi connectivity index (χ0) is 12.3. The van der Waals surface area contributed by atoms with E-state index >= 15 is 0 Å². The van der Waals surface area contributed by atoms with Gasteiger partial charge >= 0.3 is 5.97 Å². The van der Waals surface area contributed by atoms with Crippen LogP contribution in [-0.4, -0.2) is 16.2 Å². The molecule has 0 aromatic heterocycles. The predicted octanol–water partition coefficient (Wildman–Crippen LogP) is 2.49. The van der Waals surface area contributed by atoms with E-state index in [1.54, 1.807) is 12.1 Å². The molecular weight excluding hydrogens is 204 g/mol. The molecule has 0 fully saturated rings. The normalized spacial score (nSPS) is 13.5. The van der Waals surface area contributed by atoms with E-state index in [0.29, 0.717) is 5.56 Å². The minimum atomic E-state index is -1.43. The standard InChI is InChI=1S/C13H18O3/c1-4-13(2,3)10-7-5-9(6-8-10)11(14)12(15)16/h5-8,11,14H,4H2,1-3H3,(H,15,16). The quantitative estimate of drug-likeness (QED) is 0.822. The summed E-state index contributed by atoms with van der Waals surface area (Å²) in [5.74, 6) is -1.22. The highest BCUT2D eigenvalue weighted by molar-refractivity contribution is 5.74. The molecule has 3 nitrogen and oxygen atoms in total. The molecule has 0 radical (unpaired) electrons. The van der Waals surface area contributed by atoms with Gasteiger partial charge in [0, 0.05) is 0 Å². The molecule has 2 N–H and O–H groups in total. The van der Waals surface area contributed by atoms with Crippen LogP contribution in [0.4, 0.5) is 0 Å². The van der Waals surface area contributed by atoms with Crippen molar-refractivity contribution in [2.45, 2.75) is 38.7 Å². The first-order valence-corrected chi connectivity index (χ1v) is 5.40. The summed E-state index contributed by atoms with van der Waals surface area (Å²) in [6, 6.07) is 7.10. The van der Waals surface area contributed by atoms with Gasteiger partial charge in [0.1, 0.15) is 0 Å². The van der Waals surface area contributed by atoms with Crippen molar-refractivity contribution in [3.63, 3.8) is 0 Å². The van der Waals surface area contributed by atoms with Crippen molar-refractivity contribution in [3.05, 3.63) is 35.4 Å². The Labute approximate surface area is 95.7 Å². The summed E-state index contributed by atoms with van der Waals surface area (Å²) < 4.78 is 0. The molecule has 0 saturated carbocycles. The van der Waals surface area contributed by atoms with Crippen molar-refractivity contribution in [1.29, 1.82) is 0 Å². The zero-order valence-electron chi connectivity index (χ0n) is 9.90. The second-order valence-corrected chi connectivity index (χ2v) is 4.60. The highest BCUT2D eigenvalue weighted by atomic mass is 16.4. The lowest BCUT2D eigenvalue weighted by Gasteiger charge is -2.23. The third kappa shape index (κ3) is 2.61. The maximum Gasteiger partial charge on any atom is 0.337 e. The fourth-order valence-electron chi connectivity index (χ4n) is 1.46. The summed E-state index contributed by atoms with van der Waals surface area (Å²) in [5.41, 5.74) is 1.65. The molecule has 0 spiro atoms. The molecule has 0 aliphatic heterocycles. The van der Waals surface area contributed by atoms with Crippen molar-refractivity contribution >= 4 is 5.97 Å². The number of carboxylic acids is 1. The molecule has 1 aromatic carbocycles. The van der Waals surface area contributed by atoms with Crippen LogP contribution in [0.1, 0.15) is 44.4 Å². The van der Waals surface area contributed by atoms with Crippen LogP contribution in [0.15, 0.2) is 24.3 Å². The van der Waals surface area contributed by atoms with Crippen LogP contribution in [0, 0.1) is 0 Å². The molecule has 0 bridgehead atoms. The number of rotatable bonds is 4. The molecule has 16 heavy (non-hydrogen) atoms. The van der Waals surface area contributed by atoms with Gasteiger partial charge in [0.05, 0.1) is 0 Å². The molecule has 1 unspecified atom stereocenters. The summed E-state index contributed by atoms with van der Waals surface area (Å²) in [6.45, 7) is 6.38. The Morgan fingerprint density at radius 1 is 1.31 bits per heavy atom. The number of hydrogen-bond acceptors (Lipinski definition) is 2. The smallest absolute Gasteiger partial charge is 0.337 e. The molecule has 0 aliphatic rings. The van der Waals surface area contributed by atoms with Gasteiger partial charge in [0.2, 0.25) is 0 Å². The number of carbonyl (C=O) groups is 1. The Balaban J connectivity index is 2.96. The van der Waals surface area contributed by atoms with Crippen molar-refractivity contribution in [2.24, 2.45) is 0 Å². The summed E-state index contributed by atoms with van der Waals surface area (Å²) in [4.78, 5) is 10.6. The molecule has 0 heterocycles. The summed E-state index contributed by atoms with van der Waals surface area (Å²) in [7, 11) is 0. The lowest BCUT2D eigenvalue weighted by molar-refractivity contribution is -0.146. The van der Waals surface area contributed by atoms with E-state index in [2.05, 4.69) is 20.8 Å². The molecule has 3 heteroatoms. The highest BCUT2D eigenvalue weighted by Crippen LogP contribution is 2.27. The van der Waals surface area contributed by atoms with Crippen LogP contribution in [0.2, 0.25) is 0 Å². The molecule has 1 atom stereocenters. The molecule has 0 saturated heterocycles. The van der Waals surface area contributed by atoms with Gasteiger partial charge in [-0.2, -0.15) is 0 Å². The third-order valence-electron chi connectivity index (χ3n) is 3.13. The van der Waals surface area contributed by atoms with E-state index < -0.39 is 12.1 Å². The molecule has 0 aliphatic carbocycles. The van der Waals surface area contributed by atoms with Crippen LogP contribution in [-0.2, 0) is 10.2 Å². The van der Waals surface area contributed by atoms with Crippen LogP contribution in [0.25, 0.3) is 0 Å². The average molecular weight is 222 g/mol. The Morgan fingerprint density at radius 2 is 1.81 bits per heavy atom. The summed E-state index contributed by atoms with van der Waals surface area (Å²) in [5, 5.41) is 18.0. The van der Waals surface area contributed by atoms with Crippen molar-refractivity contribution < 1.29 is 15.0 Å². The van der Waals surface area contributed by atoms with Gasteiger partial charge in [-0.25, -0.2) is 4.79 Å². The first kappa shape index (κ1) is 12.7. The van der Waals surface area contributed by atoms with E-state index in [1.165, 1.54) is 0 Å². The highest BCUT2D eigenvalue weighted by Gasteiger charge is 2.20. The fraction of sp³-hybridized carbons (Fsp3) is 0.462. The molecular formula is C13H18O3. The largest absolute Gasteiger partial charge is 0.479 e. The first-order valence-electron chi connectivity index (χ1n) is 5.40. The molecule has 88 valence electrons. The van der Waals surface area contributed by atoms with Gasteiger partial charge < -0.3 is 10.2 Å². The average Bonchev–Trinajstić information content (AvgIpc) is 2.28. The van der Waals surface area contributed by atoms with E-state index in [9.17, 15) is 9.90 Å². The Morgan fingerprint density at radius 3 is 2.19 bits per heavy atom. The Hall–Kier alpha value is -1.35. The maximum absolute atomic E-state index is 10.6. The van der Waals surface area contributed by atoms with Crippen molar-refractivity contribution in [1.82, 2.24) is 0 Å². The second kappa shape index (κ2) is 4.66. The minimum Gasteiger partial charge on any atom is -0.479 e. The number of aliphatic carboxylic acids is 1. The SMILES string of the molecule is CCC(C)(C)c1ccc(C(O)C(=O)O)cc1. The zero-order valence-corrected chi connectivity index (χ0v) is 9.90. The third-order valence-corrected chi connectivity index (χ3v) is 3.13. The van der Waals surface area contributed by atoms with Gasteiger partial charge in [-0.3, -0.25) is 0 Å². The van der Waals surface area contributed by atoms with E-state index in [4.69, 9.17) is 5.11 Å². The minimum absolute atomic E-state index is 0.0761. The number of carboxylic acid groups (broad SMARTS) is 1. The van der Waals surface area contributed by atoms with Gasteiger partial charge in [-0.05, 0) is 23.0 Å². The molecule has 1 aromatic rings. The van der Waals surface area contributed by atoms with Crippen LogP contribution >= 0.6 is 0 Å².